The zero-order valence-corrected chi connectivity index (χ0v) is 13.5. The van der Waals surface area contributed by atoms with Crippen LogP contribution in [0.25, 0.3) is 0 Å². The maximum atomic E-state index is 12.0. The maximum absolute atomic E-state index is 12.0. The van der Waals surface area contributed by atoms with Gasteiger partial charge in [-0.15, -0.1) is 10.2 Å². The van der Waals surface area contributed by atoms with Gasteiger partial charge in [-0.1, -0.05) is 18.3 Å². The molecule has 2 aromatic rings. The summed E-state index contributed by atoms with van der Waals surface area (Å²) in [5.74, 6) is 0.190. The van der Waals surface area contributed by atoms with Crippen LogP contribution in [0.5, 0.6) is 0 Å². The first-order valence-corrected chi connectivity index (χ1v) is 7.73. The van der Waals surface area contributed by atoms with Crippen LogP contribution in [0.2, 0.25) is 0 Å². The van der Waals surface area contributed by atoms with E-state index in [-0.39, 0.29) is 5.91 Å². The fourth-order valence-electron chi connectivity index (χ4n) is 1.40. The van der Waals surface area contributed by atoms with Crippen LogP contribution in [0.4, 0.5) is 10.9 Å². The number of pyridine rings is 1. The summed E-state index contributed by atoms with van der Waals surface area (Å²) >= 11 is 4.59. The minimum Gasteiger partial charge on any atom is -0.360 e. The van der Waals surface area contributed by atoms with Crippen LogP contribution >= 0.6 is 27.3 Å². The van der Waals surface area contributed by atoms with Crippen molar-refractivity contribution in [2.45, 2.75) is 20.3 Å². The van der Waals surface area contributed by atoms with Gasteiger partial charge in [0, 0.05) is 11.0 Å². The number of nitrogens with one attached hydrogen (secondary N) is 2. The first-order chi connectivity index (χ1) is 9.60. The zero-order valence-electron chi connectivity index (χ0n) is 11.1. The third-order valence-corrected chi connectivity index (χ3v) is 4.13. The summed E-state index contributed by atoms with van der Waals surface area (Å²) in [4.78, 5) is 16.3. The third kappa shape index (κ3) is 3.73. The molecule has 2 heterocycles. The average Bonchev–Trinajstić information content (AvgIpc) is 2.89. The van der Waals surface area contributed by atoms with E-state index in [1.54, 1.807) is 6.07 Å². The van der Waals surface area contributed by atoms with Crippen molar-refractivity contribution in [2.24, 2.45) is 0 Å². The van der Waals surface area contributed by atoms with Gasteiger partial charge in [0.25, 0.3) is 5.91 Å². The van der Waals surface area contributed by atoms with E-state index in [1.807, 2.05) is 13.0 Å². The van der Waals surface area contributed by atoms with Crippen molar-refractivity contribution >= 4 is 44.1 Å². The molecule has 0 aromatic carbocycles. The van der Waals surface area contributed by atoms with Crippen LogP contribution < -0.4 is 10.6 Å². The van der Waals surface area contributed by atoms with Crippen LogP contribution in [0.1, 0.15) is 28.8 Å². The molecular formula is C12H14BrN5OS. The summed E-state index contributed by atoms with van der Waals surface area (Å²) in [6.07, 6.45) is 0.989. The van der Waals surface area contributed by atoms with E-state index >= 15 is 0 Å². The Morgan fingerprint density at radius 1 is 1.40 bits per heavy atom. The van der Waals surface area contributed by atoms with Gasteiger partial charge in [0.05, 0.1) is 5.69 Å². The minimum atomic E-state index is -0.304. The fraction of sp³-hybridized carbons (Fsp3) is 0.333. The van der Waals surface area contributed by atoms with Crippen molar-refractivity contribution in [3.05, 3.63) is 27.3 Å². The van der Waals surface area contributed by atoms with Crippen molar-refractivity contribution in [2.75, 3.05) is 17.2 Å². The van der Waals surface area contributed by atoms with Crippen LogP contribution in [0.15, 0.2) is 16.6 Å². The van der Waals surface area contributed by atoms with Crippen molar-refractivity contribution in [3.8, 4) is 0 Å². The van der Waals surface area contributed by atoms with Crippen LogP contribution in [-0.4, -0.2) is 27.6 Å². The number of hydrogen-bond donors (Lipinski definition) is 2. The van der Waals surface area contributed by atoms with Gasteiger partial charge in [-0.3, -0.25) is 4.79 Å². The Kier molecular flexibility index (Phi) is 5.02. The molecule has 1 amide bonds. The molecule has 8 heteroatoms. The van der Waals surface area contributed by atoms with E-state index in [4.69, 9.17) is 0 Å². The Labute approximate surface area is 129 Å². The molecule has 0 saturated heterocycles. The number of aryl methyl sites for hydroxylation is 1. The zero-order chi connectivity index (χ0) is 14.5. The number of carbonyl (C=O) groups excluding carboxylic acids is 1. The molecule has 2 N–H and O–H groups in total. The van der Waals surface area contributed by atoms with Crippen molar-refractivity contribution in [1.82, 2.24) is 15.2 Å². The van der Waals surface area contributed by atoms with Gasteiger partial charge in [-0.05, 0) is 41.4 Å². The normalized spacial score (nSPS) is 10.3. The number of amides is 1. The van der Waals surface area contributed by atoms with Crippen molar-refractivity contribution < 1.29 is 4.79 Å². The molecule has 6 nitrogen and oxygen atoms in total. The number of carbonyl (C=O) groups is 1. The van der Waals surface area contributed by atoms with Gasteiger partial charge in [0.1, 0.15) is 5.82 Å². The monoisotopic (exact) mass is 355 g/mol. The molecule has 2 rings (SSSR count). The fourth-order valence-corrected chi connectivity index (χ4v) is 2.29. The largest absolute Gasteiger partial charge is 0.360 e. The third-order valence-electron chi connectivity index (χ3n) is 2.41. The number of nitrogens with zero attached hydrogens (tertiary/aromatic N) is 3. The van der Waals surface area contributed by atoms with E-state index in [9.17, 15) is 4.79 Å². The predicted molar refractivity (Wildman–Crippen MR) is 83.3 cm³/mol. The quantitative estimate of drug-likeness (QED) is 0.861. The Balaban J connectivity index is 2.03. The highest BCUT2D eigenvalue weighted by molar-refractivity contribution is 9.10. The summed E-state index contributed by atoms with van der Waals surface area (Å²) < 4.78 is 0.900. The molecule has 0 fully saturated rings. The lowest BCUT2D eigenvalue weighted by Crippen LogP contribution is -2.13. The molecule has 0 radical (unpaired) electrons. The van der Waals surface area contributed by atoms with Gasteiger partial charge < -0.3 is 10.6 Å². The summed E-state index contributed by atoms with van der Waals surface area (Å²) in [6.45, 7) is 4.73. The number of hydrogen-bond acceptors (Lipinski definition) is 6. The second kappa shape index (κ2) is 6.76. The van der Waals surface area contributed by atoms with E-state index in [0.717, 1.165) is 23.1 Å². The van der Waals surface area contributed by atoms with Crippen LogP contribution in [-0.2, 0) is 0 Å². The number of aromatic nitrogens is 3. The topological polar surface area (TPSA) is 79.8 Å². The molecule has 106 valence electrons. The Bertz CT molecular complexity index is 616. The summed E-state index contributed by atoms with van der Waals surface area (Å²) in [5.41, 5.74) is 0.811. The lowest BCUT2D eigenvalue weighted by molar-refractivity contribution is 0.102. The minimum absolute atomic E-state index is 0.304. The second-order valence-electron chi connectivity index (χ2n) is 4.06. The van der Waals surface area contributed by atoms with Gasteiger partial charge in [0.15, 0.2) is 0 Å². The lowest BCUT2D eigenvalue weighted by Gasteiger charge is -2.03. The number of halogens is 1. The highest BCUT2D eigenvalue weighted by Gasteiger charge is 2.13. The van der Waals surface area contributed by atoms with Gasteiger partial charge >= 0.3 is 0 Å². The van der Waals surface area contributed by atoms with Gasteiger partial charge in [0.2, 0.25) is 10.1 Å². The molecule has 0 unspecified atom stereocenters. The summed E-state index contributed by atoms with van der Waals surface area (Å²) in [7, 11) is 0. The first kappa shape index (κ1) is 14.9. The highest BCUT2D eigenvalue weighted by atomic mass is 79.9. The SMILES string of the molecule is CCCNc1nnc(C(=O)Nc2ccc(Br)c(C)n2)s1. The number of anilines is 2. The molecule has 20 heavy (non-hydrogen) atoms. The van der Waals surface area contributed by atoms with Crippen LogP contribution in [0.3, 0.4) is 0 Å². The molecular weight excluding hydrogens is 342 g/mol. The smallest absolute Gasteiger partial charge is 0.287 e. The molecule has 2 aromatic heterocycles. The van der Waals surface area contributed by atoms with E-state index in [0.29, 0.717) is 16.0 Å². The Morgan fingerprint density at radius 3 is 2.90 bits per heavy atom. The first-order valence-electron chi connectivity index (χ1n) is 6.12. The van der Waals surface area contributed by atoms with Crippen molar-refractivity contribution in [1.29, 1.82) is 0 Å². The molecule has 0 saturated carbocycles. The molecule has 0 aliphatic heterocycles. The summed E-state index contributed by atoms with van der Waals surface area (Å²) in [5, 5.41) is 14.5. The van der Waals surface area contributed by atoms with E-state index < -0.39 is 0 Å². The maximum Gasteiger partial charge on any atom is 0.287 e. The Morgan fingerprint density at radius 2 is 2.20 bits per heavy atom. The summed E-state index contributed by atoms with van der Waals surface area (Å²) in [6, 6.07) is 3.57. The van der Waals surface area contributed by atoms with Gasteiger partial charge in [-0.25, -0.2) is 4.98 Å². The molecule has 0 aliphatic carbocycles. The Hall–Kier alpha value is -1.54. The van der Waals surface area contributed by atoms with Gasteiger partial charge in [-0.2, -0.15) is 0 Å². The lowest BCUT2D eigenvalue weighted by atomic mass is 10.4. The standard InChI is InChI=1S/C12H14BrN5OS/c1-3-6-14-12-18-17-11(20-12)10(19)16-9-5-4-8(13)7(2)15-9/h4-5H,3,6H2,1-2H3,(H,14,18)(H,15,16,19). The average molecular weight is 356 g/mol. The molecule has 0 atom stereocenters. The van der Waals surface area contributed by atoms with Crippen LogP contribution in [0, 0.1) is 6.92 Å². The molecule has 0 bridgehead atoms. The molecule has 0 aliphatic rings. The second-order valence-corrected chi connectivity index (χ2v) is 5.89. The molecule has 0 spiro atoms. The number of rotatable bonds is 5. The highest BCUT2D eigenvalue weighted by Crippen LogP contribution is 2.19. The van der Waals surface area contributed by atoms with Crippen molar-refractivity contribution in [3.63, 3.8) is 0 Å². The van der Waals surface area contributed by atoms with E-state index in [1.165, 1.54) is 11.3 Å². The van der Waals surface area contributed by atoms with E-state index in [2.05, 4.69) is 48.7 Å². The predicted octanol–water partition coefficient (Wildman–Crippen LogP) is 3.08.